The highest BCUT2D eigenvalue weighted by atomic mass is 32.2. The van der Waals surface area contributed by atoms with Crippen LogP contribution in [0.5, 0.6) is 0 Å². The molecule has 1 N–H and O–H groups in total. The lowest BCUT2D eigenvalue weighted by atomic mass is 9.97. The molecule has 0 unspecified atom stereocenters. The van der Waals surface area contributed by atoms with Crippen molar-refractivity contribution in [1.82, 2.24) is 4.98 Å². The minimum absolute atomic E-state index is 0.00692. The molecule has 1 aromatic heterocycles. The second kappa shape index (κ2) is 11.0. The number of ether oxygens (including phenoxy) is 2. The van der Waals surface area contributed by atoms with Gasteiger partial charge in [-0.05, 0) is 38.7 Å². The van der Waals surface area contributed by atoms with E-state index in [4.69, 9.17) is 17.3 Å². The first-order valence-electron chi connectivity index (χ1n) is 9.76. The molecule has 1 aromatic rings. The number of methoxy groups -OCH3 is 1. The van der Waals surface area contributed by atoms with Crippen molar-refractivity contribution in [2.24, 2.45) is 0 Å². The van der Waals surface area contributed by atoms with E-state index in [0.717, 1.165) is 32.1 Å². The summed E-state index contributed by atoms with van der Waals surface area (Å²) in [5, 5.41) is 0. The molecule has 160 valence electrons. The number of carbonyl (C=O) groups is 1. The van der Waals surface area contributed by atoms with E-state index in [0.29, 0.717) is 5.47 Å². The Hall–Kier alpha value is -2.55. The summed E-state index contributed by atoms with van der Waals surface area (Å²) in [7, 11) is 2.94. The summed E-state index contributed by atoms with van der Waals surface area (Å²) in [6.07, 6.45) is 11.0. The van der Waals surface area contributed by atoms with Crippen LogP contribution in [0.15, 0.2) is 53.3 Å². The Labute approximate surface area is 179 Å². The van der Waals surface area contributed by atoms with Crippen LogP contribution in [0.25, 0.3) is 0 Å². The zero-order chi connectivity index (χ0) is 22.1. The highest BCUT2D eigenvalue weighted by Gasteiger charge is 2.21. The number of esters is 1. The molecule has 0 aromatic carbocycles. The van der Waals surface area contributed by atoms with Crippen LogP contribution >= 0.6 is 0 Å². The first kappa shape index (κ1) is 23.7. The summed E-state index contributed by atoms with van der Waals surface area (Å²) in [5.74, 6) is -0.256. The van der Waals surface area contributed by atoms with Gasteiger partial charge in [-0.2, -0.15) is 0 Å². The van der Waals surface area contributed by atoms with E-state index >= 15 is 0 Å². The smallest absolute Gasteiger partial charge is 0.340 e. The fourth-order valence-corrected chi connectivity index (χ4v) is 4.12. The minimum Gasteiger partial charge on any atom is -0.500 e. The molecule has 2 rings (SSSR count). The first-order chi connectivity index (χ1) is 14.2. The summed E-state index contributed by atoms with van der Waals surface area (Å²) < 4.78 is 38.6. The van der Waals surface area contributed by atoms with Crippen LogP contribution < -0.4 is 4.72 Å². The van der Waals surface area contributed by atoms with Gasteiger partial charge in [0.2, 0.25) is 0 Å². The molecule has 1 aliphatic carbocycles. The Balaban J connectivity index is 2.13. The van der Waals surface area contributed by atoms with E-state index < -0.39 is 16.0 Å². The molecule has 2 radical (unpaired) electrons. The molecule has 0 saturated heterocycles. The maximum Gasteiger partial charge on any atom is 0.340 e. The number of pyridine rings is 1. The highest BCUT2D eigenvalue weighted by molar-refractivity contribution is 7.96. The number of carbonyl (C=O) groups excluding carboxylic acids is 1. The van der Waals surface area contributed by atoms with E-state index in [-0.39, 0.29) is 34.4 Å². The Morgan fingerprint density at radius 3 is 2.67 bits per heavy atom. The molecule has 1 fully saturated rings. The van der Waals surface area contributed by atoms with Gasteiger partial charge in [0.15, 0.2) is 0 Å². The van der Waals surface area contributed by atoms with Crippen molar-refractivity contribution in [3.05, 3.63) is 58.9 Å². The summed E-state index contributed by atoms with van der Waals surface area (Å²) in [4.78, 5) is 16.4. The molecule has 1 heterocycles. The molecule has 9 heteroatoms. The Bertz CT molecular complexity index is 934. The van der Waals surface area contributed by atoms with E-state index in [1.54, 1.807) is 12.2 Å². The van der Waals surface area contributed by atoms with Crippen molar-refractivity contribution in [2.45, 2.75) is 51.6 Å². The standard InChI is InChI=1S/C21H27BN2O5S/c1-15(22)8-7-11-20(28-3)16(2)30(26,27)24-18-12-17(13-23-14-18)21(25)29-19-9-5-4-6-10-19/h7-8,12-14,19,24H,1,4-6,9-11H2,2-3H3/b8-7-,20-16-. The van der Waals surface area contributed by atoms with Crippen molar-refractivity contribution in [1.29, 1.82) is 0 Å². The van der Waals surface area contributed by atoms with Gasteiger partial charge in [0, 0.05) is 12.6 Å². The van der Waals surface area contributed by atoms with Gasteiger partial charge in [0.1, 0.15) is 19.7 Å². The summed E-state index contributed by atoms with van der Waals surface area (Å²) in [6, 6.07) is 1.41. The van der Waals surface area contributed by atoms with Gasteiger partial charge in [-0.15, -0.1) is 12.1 Å². The molecule has 0 amide bonds. The number of hydrogen-bond acceptors (Lipinski definition) is 6. The lowest BCUT2D eigenvalue weighted by molar-refractivity contribution is 0.0210. The monoisotopic (exact) mass is 430 g/mol. The number of aromatic nitrogens is 1. The van der Waals surface area contributed by atoms with Crippen molar-refractivity contribution < 1.29 is 22.7 Å². The number of nitrogens with one attached hydrogen (secondary N) is 1. The SMILES string of the molecule is [B]C(=C)/C=C\C/C(OC)=C(\C)S(=O)(=O)Nc1cncc(C(=O)OC2CCCCC2)c1. The minimum atomic E-state index is -3.92. The van der Waals surface area contributed by atoms with Crippen molar-refractivity contribution >= 4 is 29.5 Å². The van der Waals surface area contributed by atoms with Crippen molar-refractivity contribution in [2.75, 3.05) is 11.8 Å². The van der Waals surface area contributed by atoms with Gasteiger partial charge in [0.05, 0.1) is 29.5 Å². The predicted octanol–water partition coefficient (Wildman–Crippen LogP) is 3.82. The van der Waals surface area contributed by atoms with E-state index in [9.17, 15) is 13.2 Å². The third kappa shape index (κ3) is 7.05. The fourth-order valence-electron chi connectivity index (χ4n) is 3.08. The third-order valence-corrected chi connectivity index (χ3v) is 6.27. The van der Waals surface area contributed by atoms with Gasteiger partial charge in [-0.3, -0.25) is 9.71 Å². The normalized spacial score (nSPS) is 16.1. The largest absolute Gasteiger partial charge is 0.500 e. The van der Waals surface area contributed by atoms with Crippen molar-refractivity contribution in [3.63, 3.8) is 0 Å². The third-order valence-electron chi connectivity index (χ3n) is 4.73. The maximum absolute atomic E-state index is 12.7. The van der Waals surface area contributed by atoms with E-state index in [1.807, 2.05) is 0 Å². The molecule has 1 aliphatic rings. The van der Waals surface area contributed by atoms with Crippen LogP contribution in [-0.4, -0.2) is 40.4 Å². The van der Waals surface area contributed by atoms with Gasteiger partial charge in [-0.25, -0.2) is 13.2 Å². The van der Waals surface area contributed by atoms with Crippen LogP contribution in [-0.2, 0) is 19.5 Å². The van der Waals surface area contributed by atoms with Crippen molar-refractivity contribution in [3.8, 4) is 0 Å². The molecule has 0 aliphatic heterocycles. The quantitative estimate of drug-likeness (QED) is 0.277. The van der Waals surface area contributed by atoms with Gasteiger partial charge in [-0.1, -0.05) is 18.6 Å². The topological polar surface area (TPSA) is 94.6 Å². The number of hydrogen-bond donors (Lipinski definition) is 1. The van der Waals surface area contributed by atoms with Crippen LogP contribution in [0.1, 0.15) is 55.8 Å². The van der Waals surface area contributed by atoms with Gasteiger partial charge < -0.3 is 9.47 Å². The number of sulfonamides is 1. The maximum atomic E-state index is 12.7. The fraction of sp³-hybridized carbons (Fsp3) is 0.429. The molecular weight excluding hydrogens is 403 g/mol. The summed E-state index contributed by atoms with van der Waals surface area (Å²) in [5.41, 5.74) is 0.708. The molecule has 1 saturated carbocycles. The second-order valence-electron chi connectivity index (χ2n) is 7.10. The van der Waals surface area contributed by atoms with E-state index in [2.05, 4.69) is 16.3 Å². The Morgan fingerprint density at radius 2 is 2.03 bits per heavy atom. The summed E-state index contributed by atoms with van der Waals surface area (Å²) in [6.45, 7) is 4.98. The Kier molecular flexibility index (Phi) is 8.71. The van der Waals surface area contributed by atoms with Gasteiger partial charge >= 0.3 is 5.97 Å². The molecule has 0 spiro atoms. The van der Waals surface area contributed by atoms with Crippen LogP contribution in [0.2, 0.25) is 0 Å². The summed E-state index contributed by atoms with van der Waals surface area (Å²) >= 11 is 0. The first-order valence-corrected chi connectivity index (χ1v) is 11.2. The zero-order valence-electron chi connectivity index (χ0n) is 17.4. The zero-order valence-corrected chi connectivity index (χ0v) is 18.2. The number of allylic oxidation sites excluding steroid dienone is 4. The molecule has 7 nitrogen and oxygen atoms in total. The number of nitrogens with zero attached hydrogens (tertiary/aromatic N) is 1. The average molecular weight is 430 g/mol. The van der Waals surface area contributed by atoms with Gasteiger partial charge in [0.25, 0.3) is 10.0 Å². The Morgan fingerprint density at radius 1 is 1.33 bits per heavy atom. The van der Waals surface area contributed by atoms with Crippen LogP contribution in [0.4, 0.5) is 5.69 Å². The predicted molar refractivity (Wildman–Crippen MR) is 117 cm³/mol. The molecule has 30 heavy (non-hydrogen) atoms. The lowest BCUT2D eigenvalue weighted by Gasteiger charge is -2.21. The molecule has 0 atom stereocenters. The van der Waals surface area contributed by atoms with Crippen LogP contribution in [0.3, 0.4) is 0 Å². The average Bonchev–Trinajstić information content (AvgIpc) is 2.71. The molecular formula is C21H27BN2O5S. The highest BCUT2D eigenvalue weighted by Crippen LogP contribution is 2.23. The number of rotatable bonds is 9. The van der Waals surface area contributed by atoms with E-state index in [1.165, 1.54) is 32.5 Å². The lowest BCUT2D eigenvalue weighted by Crippen LogP contribution is -2.21. The molecule has 0 bridgehead atoms. The second-order valence-corrected chi connectivity index (χ2v) is 8.92. The number of anilines is 1. The van der Waals surface area contributed by atoms with Crippen LogP contribution in [0, 0.1) is 0 Å².